The molecule has 0 saturated heterocycles. The summed E-state index contributed by atoms with van der Waals surface area (Å²) < 4.78 is 0. The zero-order chi connectivity index (χ0) is 16.2. The molecule has 0 aromatic heterocycles. The van der Waals surface area contributed by atoms with E-state index in [0.717, 1.165) is 40.9 Å². The van der Waals surface area contributed by atoms with Crippen molar-refractivity contribution < 1.29 is 0 Å². The van der Waals surface area contributed by atoms with Crippen LogP contribution < -0.4 is 0 Å². The first-order valence-corrected chi connectivity index (χ1v) is 11.0. The molecule has 4 saturated carbocycles. The number of fused-ring (bicyclic) bond motifs is 5. The van der Waals surface area contributed by atoms with Gasteiger partial charge in [0.1, 0.15) is 0 Å². The fourth-order valence-corrected chi connectivity index (χ4v) is 8.55. The number of rotatable bonds is 2. The van der Waals surface area contributed by atoms with Gasteiger partial charge in [0.05, 0.1) is 0 Å². The van der Waals surface area contributed by atoms with Crippen LogP contribution >= 0.6 is 0 Å². The van der Waals surface area contributed by atoms with Crippen LogP contribution in [0.5, 0.6) is 0 Å². The van der Waals surface area contributed by atoms with Gasteiger partial charge in [-0.2, -0.15) is 0 Å². The van der Waals surface area contributed by atoms with Gasteiger partial charge in [0.15, 0.2) is 0 Å². The lowest BCUT2D eigenvalue weighted by atomic mass is 9.44. The van der Waals surface area contributed by atoms with E-state index in [1.54, 1.807) is 51.4 Å². The van der Waals surface area contributed by atoms with Gasteiger partial charge >= 0.3 is 0 Å². The zero-order valence-corrected chi connectivity index (χ0v) is 16.2. The van der Waals surface area contributed by atoms with E-state index < -0.39 is 0 Å². The summed E-state index contributed by atoms with van der Waals surface area (Å²) in [6, 6.07) is 0. The van der Waals surface area contributed by atoms with Crippen LogP contribution in [0.4, 0.5) is 0 Å². The van der Waals surface area contributed by atoms with Crippen molar-refractivity contribution in [1.82, 2.24) is 0 Å². The van der Waals surface area contributed by atoms with E-state index in [1.807, 2.05) is 0 Å². The van der Waals surface area contributed by atoms with Crippen molar-refractivity contribution >= 4 is 0 Å². The van der Waals surface area contributed by atoms with Gasteiger partial charge in [-0.3, -0.25) is 0 Å². The second-order valence-corrected chi connectivity index (χ2v) is 10.5. The third kappa shape index (κ3) is 2.29. The molecule has 0 aromatic rings. The Kier molecular flexibility index (Phi) is 4.13. The third-order valence-corrected chi connectivity index (χ3v) is 9.99. The predicted molar refractivity (Wildman–Crippen MR) is 99.3 cm³/mol. The molecule has 7 unspecified atom stereocenters. The minimum absolute atomic E-state index is 0.689. The Morgan fingerprint density at radius 3 is 2.39 bits per heavy atom. The molecule has 0 radical (unpaired) electrons. The molecule has 0 heteroatoms. The highest BCUT2D eigenvalue weighted by Gasteiger charge is 2.59. The molecule has 4 aliphatic rings. The standard InChI is InChI=1S/C23H40/c1-5-16(2)19-11-12-20-18-10-9-17-8-6-7-14-22(17,3)21(18)13-15-23(19,20)4/h16-21H,5-15H2,1-4H3/t16-,17?,18?,19?,20?,21?,22?,23?/m1/s1. The van der Waals surface area contributed by atoms with Crippen LogP contribution in [0.3, 0.4) is 0 Å². The Bertz CT molecular complexity index is 439. The Labute approximate surface area is 145 Å². The molecule has 23 heavy (non-hydrogen) atoms. The van der Waals surface area contributed by atoms with Crippen LogP contribution in [-0.4, -0.2) is 0 Å². The van der Waals surface area contributed by atoms with Crippen LogP contribution in [0.1, 0.15) is 98.3 Å². The first-order valence-electron chi connectivity index (χ1n) is 11.0. The predicted octanol–water partition coefficient (Wildman–Crippen LogP) is 7.08. The fraction of sp³-hybridized carbons (Fsp3) is 1.00. The lowest BCUT2D eigenvalue weighted by Gasteiger charge is -2.61. The lowest BCUT2D eigenvalue weighted by Crippen LogP contribution is -2.53. The third-order valence-electron chi connectivity index (χ3n) is 9.99. The molecule has 0 N–H and O–H groups in total. The second kappa shape index (κ2) is 5.77. The van der Waals surface area contributed by atoms with E-state index in [2.05, 4.69) is 27.7 Å². The molecule has 0 aromatic carbocycles. The van der Waals surface area contributed by atoms with Crippen molar-refractivity contribution in [2.75, 3.05) is 0 Å². The molecule has 4 fully saturated rings. The molecule has 8 atom stereocenters. The van der Waals surface area contributed by atoms with Crippen molar-refractivity contribution in [2.24, 2.45) is 46.3 Å². The van der Waals surface area contributed by atoms with E-state index in [4.69, 9.17) is 0 Å². The quantitative estimate of drug-likeness (QED) is 0.510. The summed E-state index contributed by atoms with van der Waals surface area (Å²) >= 11 is 0. The summed E-state index contributed by atoms with van der Waals surface area (Å²) in [5.74, 6) is 6.28. The Hall–Kier alpha value is 0. The van der Waals surface area contributed by atoms with Gasteiger partial charge in [-0.25, -0.2) is 0 Å². The summed E-state index contributed by atoms with van der Waals surface area (Å²) in [5, 5.41) is 0. The monoisotopic (exact) mass is 316 g/mol. The minimum Gasteiger partial charge on any atom is -0.0651 e. The normalized spacial score (nSPS) is 54.0. The van der Waals surface area contributed by atoms with E-state index in [0.29, 0.717) is 5.41 Å². The van der Waals surface area contributed by atoms with E-state index in [-0.39, 0.29) is 0 Å². The van der Waals surface area contributed by atoms with Gasteiger partial charge in [-0.1, -0.05) is 47.0 Å². The van der Waals surface area contributed by atoms with Gasteiger partial charge in [0.25, 0.3) is 0 Å². The fourth-order valence-electron chi connectivity index (χ4n) is 8.55. The van der Waals surface area contributed by atoms with Crippen molar-refractivity contribution in [3.63, 3.8) is 0 Å². The molecule has 132 valence electrons. The molecule has 0 aliphatic heterocycles. The van der Waals surface area contributed by atoms with Gasteiger partial charge in [-0.05, 0) is 97.7 Å². The molecule has 0 heterocycles. The zero-order valence-electron chi connectivity index (χ0n) is 16.2. The largest absolute Gasteiger partial charge is 0.0651 e. The van der Waals surface area contributed by atoms with E-state index >= 15 is 0 Å². The number of hydrogen-bond acceptors (Lipinski definition) is 0. The van der Waals surface area contributed by atoms with E-state index in [1.165, 1.54) is 19.3 Å². The molecule has 4 rings (SSSR count). The molecular formula is C23H40. The van der Waals surface area contributed by atoms with Crippen molar-refractivity contribution in [3.05, 3.63) is 0 Å². The molecule has 0 nitrogen and oxygen atoms in total. The summed E-state index contributed by atoms with van der Waals surface area (Å²) in [4.78, 5) is 0. The SMILES string of the molecule is CC[C@@H](C)C1CCC2C3CCC4CCCCC4(C)C3CCC21C. The van der Waals surface area contributed by atoms with E-state index in [9.17, 15) is 0 Å². The smallest absolute Gasteiger partial charge is 0.0264 e. The highest BCUT2D eigenvalue weighted by Crippen LogP contribution is 2.68. The van der Waals surface area contributed by atoms with Crippen molar-refractivity contribution in [1.29, 1.82) is 0 Å². The molecule has 0 spiro atoms. The van der Waals surface area contributed by atoms with Crippen LogP contribution in [0.25, 0.3) is 0 Å². The Morgan fingerprint density at radius 2 is 1.61 bits per heavy atom. The average molecular weight is 317 g/mol. The van der Waals surface area contributed by atoms with Gasteiger partial charge in [0.2, 0.25) is 0 Å². The lowest BCUT2D eigenvalue weighted by molar-refractivity contribution is -0.114. The summed E-state index contributed by atoms with van der Waals surface area (Å²) in [5.41, 5.74) is 1.41. The van der Waals surface area contributed by atoms with Crippen LogP contribution in [0.2, 0.25) is 0 Å². The van der Waals surface area contributed by atoms with Crippen LogP contribution in [0.15, 0.2) is 0 Å². The first kappa shape index (κ1) is 16.5. The van der Waals surface area contributed by atoms with Gasteiger partial charge in [0, 0.05) is 0 Å². The Balaban J connectivity index is 1.60. The molecular weight excluding hydrogens is 276 g/mol. The maximum absolute atomic E-state index is 2.72. The molecule has 0 amide bonds. The topological polar surface area (TPSA) is 0 Å². The second-order valence-electron chi connectivity index (χ2n) is 10.5. The first-order chi connectivity index (χ1) is 11.0. The highest BCUT2D eigenvalue weighted by molar-refractivity contribution is 5.09. The number of hydrogen-bond donors (Lipinski definition) is 0. The summed E-state index contributed by atoms with van der Waals surface area (Å²) in [6.07, 6.45) is 16.9. The van der Waals surface area contributed by atoms with Gasteiger partial charge in [-0.15, -0.1) is 0 Å². The summed E-state index contributed by atoms with van der Waals surface area (Å²) in [7, 11) is 0. The average Bonchev–Trinajstić information content (AvgIpc) is 2.91. The van der Waals surface area contributed by atoms with Crippen molar-refractivity contribution in [2.45, 2.75) is 98.3 Å². The maximum atomic E-state index is 2.72. The van der Waals surface area contributed by atoms with Crippen LogP contribution in [-0.2, 0) is 0 Å². The molecule has 0 bridgehead atoms. The Morgan fingerprint density at radius 1 is 0.826 bits per heavy atom. The summed E-state index contributed by atoms with van der Waals surface area (Å²) in [6.45, 7) is 10.4. The highest BCUT2D eigenvalue weighted by atomic mass is 14.6. The van der Waals surface area contributed by atoms with Crippen LogP contribution in [0, 0.1) is 46.3 Å². The molecule has 4 aliphatic carbocycles. The maximum Gasteiger partial charge on any atom is -0.0264 e. The minimum atomic E-state index is 0.689. The van der Waals surface area contributed by atoms with Gasteiger partial charge < -0.3 is 0 Å². The van der Waals surface area contributed by atoms with Crippen molar-refractivity contribution in [3.8, 4) is 0 Å².